The molecule has 2 aromatic rings. The maximum absolute atomic E-state index is 11.9. The number of esters is 1. The van der Waals surface area contributed by atoms with Crippen LogP contribution < -0.4 is 10.1 Å². The van der Waals surface area contributed by atoms with Crippen molar-refractivity contribution in [3.05, 3.63) is 52.2 Å². The molecule has 0 aliphatic carbocycles. The van der Waals surface area contributed by atoms with Crippen LogP contribution in [-0.4, -0.2) is 31.0 Å². The lowest BCUT2D eigenvalue weighted by atomic mass is 10.2. The van der Waals surface area contributed by atoms with Gasteiger partial charge in [-0.05, 0) is 42.1 Å². The molecular formula is C18H19NO5S. The molecule has 0 aliphatic heterocycles. The monoisotopic (exact) mass is 361 g/mol. The van der Waals surface area contributed by atoms with E-state index in [1.165, 1.54) is 11.3 Å². The van der Waals surface area contributed by atoms with Gasteiger partial charge in [-0.1, -0.05) is 19.4 Å². The molecule has 1 aromatic carbocycles. The van der Waals surface area contributed by atoms with Crippen LogP contribution in [0.4, 0.5) is 0 Å². The number of ether oxygens (including phenoxy) is 2. The predicted molar refractivity (Wildman–Crippen MR) is 93.9 cm³/mol. The van der Waals surface area contributed by atoms with Crippen molar-refractivity contribution < 1.29 is 23.9 Å². The van der Waals surface area contributed by atoms with Crippen molar-refractivity contribution in [2.75, 3.05) is 13.2 Å². The number of imide groups is 1. The second-order valence-electron chi connectivity index (χ2n) is 5.16. The lowest BCUT2D eigenvalue weighted by Crippen LogP contribution is -2.33. The van der Waals surface area contributed by atoms with Gasteiger partial charge < -0.3 is 9.47 Å². The third-order valence-corrected chi connectivity index (χ3v) is 4.06. The minimum absolute atomic E-state index is 0.306. The van der Waals surface area contributed by atoms with Gasteiger partial charge in [0.1, 0.15) is 5.75 Å². The van der Waals surface area contributed by atoms with Crippen LogP contribution in [0.25, 0.3) is 0 Å². The van der Waals surface area contributed by atoms with E-state index in [-0.39, 0.29) is 0 Å². The molecule has 2 rings (SSSR count). The molecule has 0 aliphatic rings. The van der Waals surface area contributed by atoms with Crippen LogP contribution in [0.1, 0.15) is 39.8 Å². The quantitative estimate of drug-likeness (QED) is 0.577. The van der Waals surface area contributed by atoms with Gasteiger partial charge in [0, 0.05) is 0 Å². The van der Waals surface area contributed by atoms with Gasteiger partial charge in [0.15, 0.2) is 6.61 Å². The number of carbonyl (C=O) groups excluding carboxylic acids is 3. The number of hydrogen-bond donors (Lipinski definition) is 1. The lowest BCUT2D eigenvalue weighted by Gasteiger charge is -2.07. The van der Waals surface area contributed by atoms with Gasteiger partial charge in [0.2, 0.25) is 0 Å². The normalized spacial score (nSPS) is 10.1. The highest BCUT2D eigenvalue weighted by Crippen LogP contribution is 2.13. The van der Waals surface area contributed by atoms with Crippen LogP contribution >= 0.6 is 11.3 Å². The fourth-order valence-electron chi connectivity index (χ4n) is 1.87. The van der Waals surface area contributed by atoms with Gasteiger partial charge >= 0.3 is 5.97 Å². The van der Waals surface area contributed by atoms with Crippen LogP contribution in [0.5, 0.6) is 5.75 Å². The average Bonchev–Trinajstić information content (AvgIpc) is 3.15. The number of carbonyl (C=O) groups is 3. The third-order valence-electron chi connectivity index (χ3n) is 3.19. The molecule has 0 fully saturated rings. The standard InChI is InChI=1S/C18H19NO5S/c1-2-3-10-23-14-8-6-13(7-9-14)18(22)24-12-16(20)19-17(21)15-5-4-11-25-15/h4-9,11H,2-3,10,12H2,1H3,(H,19,20,21). The molecule has 0 saturated heterocycles. The Bertz CT molecular complexity index is 710. The number of unbranched alkanes of at least 4 members (excludes halogenated alkanes) is 1. The Balaban J connectivity index is 1.77. The fourth-order valence-corrected chi connectivity index (χ4v) is 2.49. The van der Waals surface area contributed by atoms with Gasteiger partial charge in [-0.25, -0.2) is 4.79 Å². The number of nitrogens with one attached hydrogen (secondary N) is 1. The summed E-state index contributed by atoms with van der Waals surface area (Å²) < 4.78 is 10.4. The van der Waals surface area contributed by atoms with Gasteiger partial charge in [-0.15, -0.1) is 11.3 Å². The summed E-state index contributed by atoms with van der Waals surface area (Å²) in [5.41, 5.74) is 0.306. The van der Waals surface area contributed by atoms with Crippen molar-refractivity contribution in [2.24, 2.45) is 0 Å². The van der Waals surface area contributed by atoms with E-state index in [0.29, 0.717) is 22.8 Å². The summed E-state index contributed by atoms with van der Waals surface area (Å²) in [6.45, 7) is 2.18. The summed E-state index contributed by atoms with van der Waals surface area (Å²) in [4.78, 5) is 35.7. The molecule has 1 aromatic heterocycles. The van der Waals surface area contributed by atoms with Crippen LogP contribution in [0.3, 0.4) is 0 Å². The van der Waals surface area contributed by atoms with E-state index in [4.69, 9.17) is 9.47 Å². The maximum atomic E-state index is 11.9. The molecule has 132 valence electrons. The SMILES string of the molecule is CCCCOc1ccc(C(=O)OCC(=O)NC(=O)c2cccs2)cc1. The first kappa shape index (κ1) is 18.7. The average molecular weight is 361 g/mol. The zero-order chi connectivity index (χ0) is 18.1. The van der Waals surface area contributed by atoms with Crippen LogP contribution in [0.2, 0.25) is 0 Å². The smallest absolute Gasteiger partial charge is 0.338 e. The highest BCUT2D eigenvalue weighted by Gasteiger charge is 2.14. The molecule has 0 radical (unpaired) electrons. The fraction of sp³-hybridized carbons (Fsp3) is 0.278. The number of hydrogen-bond acceptors (Lipinski definition) is 6. The molecule has 0 bridgehead atoms. The van der Waals surface area contributed by atoms with Crippen molar-refractivity contribution in [3.8, 4) is 5.75 Å². The van der Waals surface area contributed by atoms with Crippen molar-refractivity contribution >= 4 is 29.1 Å². The molecule has 6 nitrogen and oxygen atoms in total. The van der Waals surface area contributed by atoms with Gasteiger partial charge in [-0.2, -0.15) is 0 Å². The molecule has 7 heteroatoms. The summed E-state index contributed by atoms with van der Waals surface area (Å²) in [6.07, 6.45) is 2.00. The highest BCUT2D eigenvalue weighted by atomic mass is 32.1. The number of amides is 2. The Labute approximate surface area is 149 Å². The summed E-state index contributed by atoms with van der Waals surface area (Å²) in [5.74, 6) is -1.15. The molecule has 0 spiro atoms. The zero-order valence-electron chi connectivity index (χ0n) is 13.8. The Kier molecular flexibility index (Phi) is 7.16. The second kappa shape index (κ2) is 9.58. The van der Waals surface area contributed by atoms with Crippen LogP contribution in [0.15, 0.2) is 41.8 Å². The van der Waals surface area contributed by atoms with Gasteiger partial charge in [0.05, 0.1) is 17.0 Å². The summed E-state index contributed by atoms with van der Waals surface area (Å²) >= 11 is 1.22. The molecular weight excluding hydrogens is 342 g/mol. The Hall–Kier alpha value is -2.67. The Morgan fingerprint density at radius 1 is 1.12 bits per heavy atom. The first-order chi connectivity index (χ1) is 12.1. The largest absolute Gasteiger partial charge is 0.494 e. The van der Waals surface area contributed by atoms with E-state index in [1.54, 1.807) is 41.8 Å². The number of benzene rings is 1. The van der Waals surface area contributed by atoms with E-state index in [2.05, 4.69) is 12.2 Å². The Morgan fingerprint density at radius 3 is 2.52 bits per heavy atom. The van der Waals surface area contributed by atoms with E-state index >= 15 is 0 Å². The molecule has 25 heavy (non-hydrogen) atoms. The number of rotatable bonds is 8. The van der Waals surface area contributed by atoms with Gasteiger partial charge in [0.25, 0.3) is 11.8 Å². The van der Waals surface area contributed by atoms with Crippen molar-refractivity contribution in [2.45, 2.75) is 19.8 Å². The highest BCUT2D eigenvalue weighted by molar-refractivity contribution is 7.12. The summed E-state index contributed by atoms with van der Waals surface area (Å²) in [5, 5.41) is 3.89. The van der Waals surface area contributed by atoms with Crippen LogP contribution in [0, 0.1) is 0 Å². The van der Waals surface area contributed by atoms with Crippen molar-refractivity contribution in [1.29, 1.82) is 0 Å². The minimum Gasteiger partial charge on any atom is -0.494 e. The topological polar surface area (TPSA) is 81.7 Å². The second-order valence-corrected chi connectivity index (χ2v) is 6.10. The molecule has 0 unspecified atom stereocenters. The Morgan fingerprint density at radius 2 is 1.88 bits per heavy atom. The van der Waals surface area contributed by atoms with Crippen molar-refractivity contribution in [3.63, 3.8) is 0 Å². The zero-order valence-corrected chi connectivity index (χ0v) is 14.6. The van der Waals surface area contributed by atoms with E-state index < -0.39 is 24.4 Å². The van der Waals surface area contributed by atoms with E-state index in [0.717, 1.165) is 12.8 Å². The molecule has 0 saturated carbocycles. The van der Waals surface area contributed by atoms with Gasteiger partial charge in [-0.3, -0.25) is 14.9 Å². The lowest BCUT2D eigenvalue weighted by molar-refractivity contribution is -0.123. The predicted octanol–water partition coefficient (Wildman–Crippen LogP) is 3.04. The maximum Gasteiger partial charge on any atom is 0.338 e. The first-order valence-electron chi connectivity index (χ1n) is 7.88. The summed E-state index contributed by atoms with van der Waals surface area (Å²) in [7, 11) is 0. The molecule has 2 amide bonds. The molecule has 0 atom stereocenters. The number of thiophene rings is 1. The van der Waals surface area contributed by atoms with Crippen LogP contribution in [-0.2, 0) is 9.53 Å². The third kappa shape index (κ3) is 6.04. The summed E-state index contributed by atoms with van der Waals surface area (Å²) in [6, 6.07) is 9.79. The van der Waals surface area contributed by atoms with E-state index in [9.17, 15) is 14.4 Å². The van der Waals surface area contributed by atoms with E-state index in [1.807, 2.05) is 0 Å². The molecule has 1 heterocycles. The first-order valence-corrected chi connectivity index (χ1v) is 8.75. The van der Waals surface area contributed by atoms with Crippen molar-refractivity contribution in [1.82, 2.24) is 5.32 Å². The molecule has 1 N–H and O–H groups in total. The minimum atomic E-state index is -0.675.